The molecule has 1 unspecified atom stereocenters. The molecule has 2 aromatic heterocycles. The monoisotopic (exact) mass is 391 g/mol. The van der Waals surface area contributed by atoms with Crippen molar-refractivity contribution >= 4 is 11.6 Å². The average Bonchev–Trinajstić information content (AvgIpc) is 3.19. The number of aromatic nitrogens is 2. The Hall–Kier alpha value is -2.72. The van der Waals surface area contributed by atoms with Gasteiger partial charge in [-0.3, -0.25) is 24.5 Å². The number of ether oxygens (including phenoxy) is 1. The Balaban J connectivity index is 1.67. The predicted molar refractivity (Wildman–Crippen MR) is 99.9 cm³/mol. The maximum Gasteiger partial charge on any atom is 0.312 e. The molecule has 0 spiro atoms. The summed E-state index contributed by atoms with van der Waals surface area (Å²) in [5, 5.41) is 18.1. The zero-order chi connectivity index (χ0) is 20.3. The molecule has 0 saturated carbocycles. The smallest absolute Gasteiger partial charge is 0.312 e. The van der Waals surface area contributed by atoms with Crippen LogP contribution in [0.2, 0.25) is 0 Å². The minimum absolute atomic E-state index is 0.0509. The minimum atomic E-state index is -0.472. The van der Waals surface area contributed by atoms with E-state index in [0.29, 0.717) is 31.1 Å². The minimum Gasteiger partial charge on any atom is -0.465 e. The van der Waals surface area contributed by atoms with E-state index in [1.807, 2.05) is 19.1 Å². The number of nitro groups is 1. The first kappa shape index (κ1) is 20.0. The second kappa shape index (κ2) is 8.53. The summed E-state index contributed by atoms with van der Waals surface area (Å²) in [5.41, 5.74) is 0.613. The summed E-state index contributed by atoms with van der Waals surface area (Å²) in [6.45, 7) is 8.11. The van der Waals surface area contributed by atoms with Crippen LogP contribution in [0.3, 0.4) is 0 Å². The summed E-state index contributed by atoms with van der Waals surface area (Å²) in [5.74, 6) is 1.35. The molecule has 0 aromatic carbocycles. The molecule has 152 valence electrons. The number of nitrogens with zero attached hydrogens (tertiary/aromatic N) is 4. The van der Waals surface area contributed by atoms with Crippen LogP contribution < -0.4 is 5.32 Å². The van der Waals surface area contributed by atoms with Crippen molar-refractivity contribution in [3.8, 4) is 0 Å². The fraction of sp³-hybridized carbons (Fsp3) is 0.556. The van der Waals surface area contributed by atoms with Crippen LogP contribution in [0, 0.1) is 30.9 Å². The molecule has 10 nitrogen and oxygen atoms in total. The highest BCUT2D eigenvalue weighted by atomic mass is 16.6. The Morgan fingerprint density at radius 1 is 1.32 bits per heavy atom. The van der Waals surface area contributed by atoms with E-state index in [0.717, 1.165) is 24.6 Å². The van der Waals surface area contributed by atoms with Gasteiger partial charge >= 0.3 is 5.69 Å². The molecule has 3 rings (SSSR count). The second-order valence-corrected chi connectivity index (χ2v) is 6.85. The summed E-state index contributed by atoms with van der Waals surface area (Å²) in [4.78, 5) is 25.3. The lowest BCUT2D eigenvalue weighted by Gasteiger charge is -2.33. The van der Waals surface area contributed by atoms with Crippen molar-refractivity contribution in [3.63, 3.8) is 0 Å². The molecule has 1 fully saturated rings. The lowest BCUT2D eigenvalue weighted by molar-refractivity contribution is -0.386. The fourth-order valence-electron chi connectivity index (χ4n) is 3.44. The zero-order valence-electron chi connectivity index (χ0n) is 16.3. The van der Waals surface area contributed by atoms with Crippen LogP contribution >= 0.6 is 0 Å². The van der Waals surface area contributed by atoms with Gasteiger partial charge in [0.25, 0.3) is 0 Å². The molecule has 1 aliphatic heterocycles. The van der Waals surface area contributed by atoms with Crippen LogP contribution in [0.25, 0.3) is 0 Å². The van der Waals surface area contributed by atoms with Gasteiger partial charge in [-0.15, -0.1) is 0 Å². The van der Waals surface area contributed by atoms with Gasteiger partial charge in [-0.1, -0.05) is 0 Å². The number of rotatable bonds is 7. The quantitative estimate of drug-likeness (QED) is 0.562. The van der Waals surface area contributed by atoms with E-state index < -0.39 is 4.92 Å². The van der Waals surface area contributed by atoms with Crippen molar-refractivity contribution in [2.24, 2.45) is 0 Å². The third-order valence-corrected chi connectivity index (χ3v) is 4.89. The van der Waals surface area contributed by atoms with Crippen LogP contribution in [0.15, 0.2) is 16.5 Å². The number of hydrogen-bond donors (Lipinski definition) is 1. The van der Waals surface area contributed by atoms with Gasteiger partial charge in [0.2, 0.25) is 5.91 Å². The molecule has 10 heteroatoms. The van der Waals surface area contributed by atoms with Gasteiger partial charge in [-0.2, -0.15) is 5.10 Å². The van der Waals surface area contributed by atoms with Crippen LogP contribution in [0.5, 0.6) is 0 Å². The third kappa shape index (κ3) is 4.39. The van der Waals surface area contributed by atoms with Gasteiger partial charge in [0.15, 0.2) is 0 Å². The zero-order valence-corrected chi connectivity index (χ0v) is 16.3. The molecule has 1 atom stereocenters. The van der Waals surface area contributed by atoms with Crippen LogP contribution in [-0.2, 0) is 16.1 Å². The van der Waals surface area contributed by atoms with Gasteiger partial charge in [-0.25, -0.2) is 0 Å². The fourth-order valence-corrected chi connectivity index (χ4v) is 3.44. The highest BCUT2D eigenvalue weighted by molar-refractivity contribution is 5.75. The Kier molecular flexibility index (Phi) is 6.10. The number of aryl methyl sites for hydroxylation is 2. The Morgan fingerprint density at radius 2 is 2.04 bits per heavy atom. The molecule has 1 amide bonds. The van der Waals surface area contributed by atoms with Crippen LogP contribution in [0.1, 0.15) is 29.0 Å². The first-order valence-electron chi connectivity index (χ1n) is 9.20. The average molecular weight is 391 g/mol. The molecule has 0 aliphatic carbocycles. The molecule has 1 saturated heterocycles. The number of nitrogens with one attached hydrogen (secondary N) is 1. The van der Waals surface area contributed by atoms with E-state index in [-0.39, 0.29) is 24.2 Å². The number of amides is 1. The van der Waals surface area contributed by atoms with Crippen molar-refractivity contribution in [3.05, 3.63) is 45.2 Å². The number of hydrogen-bond acceptors (Lipinski definition) is 7. The highest BCUT2D eigenvalue weighted by Gasteiger charge is 2.27. The molecule has 0 radical (unpaired) electrons. The normalized spacial score (nSPS) is 16.1. The van der Waals surface area contributed by atoms with Gasteiger partial charge < -0.3 is 14.5 Å². The van der Waals surface area contributed by atoms with Crippen molar-refractivity contribution in [1.82, 2.24) is 20.0 Å². The molecule has 1 aliphatic rings. The first-order chi connectivity index (χ1) is 13.4. The van der Waals surface area contributed by atoms with Crippen LogP contribution in [0.4, 0.5) is 5.69 Å². The number of morpholine rings is 1. The maximum atomic E-state index is 12.5. The second-order valence-electron chi connectivity index (χ2n) is 6.85. The molecule has 2 aromatic rings. The lowest BCUT2D eigenvalue weighted by atomic mass is 10.1. The molecule has 3 heterocycles. The molecule has 0 bridgehead atoms. The topological polar surface area (TPSA) is 116 Å². The lowest BCUT2D eigenvalue weighted by Crippen LogP contribution is -2.44. The molecular weight excluding hydrogens is 366 g/mol. The third-order valence-electron chi connectivity index (χ3n) is 4.89. The number of carbonyl (C=O) groups is 1. The molecule has 28 heavy (non-hydrogen) atoms. The van der Waals surface area contributed by atoms with E-state index in [1.54, 1.807) is 13.8 Å². The van der Waals surface area contributed by atoms with E-state index in [1.165, 1.54) is 4.68 Å². The van der Waals surface area contributed by atoms with Gasteiger partial charge in [0.05, 0.1) is 24.2 Å². The Labute approximate surface area is 162 Å². The summed E-state index contributed by atoms with van der Waals surface area (Å²) < 4.78 is 12.6. The Morgan fingerprint density at radius 3 is 2.61 bits per heavy atom. The van der Waals surface area contributed by atoms with Gasteiger partial charge in [-0.05, 0) is 32.9 Å². The standard InChI is InChI=1S/C18H25N5O5/c1-12-4-5-16(28-12)15(21-6-8-27-9-7-21)10-19-17(24)11-22-14(3)18(23(25)26)13(2)20-22/h4-5,15H,6-11H2,1-3H3,(H,19,24). The predicted octanol–water partition coefficient (Wildman–Crippen LogP) is 1.50. The number of furan rings is 1. The molecule has 1 N–H and O–H groups in total. The SMILES string of the molecule is Cc1ccc(C(CNC(=O)Cn2nc(C)c([N+](=O)[O-])c2C)N2CCOCC2)o1. The van der Waals surface area contributed by atoms with Crippen molar-refractivity contribution in [2.45, 2.75) is 33.4 Å². The molecular formula is C18H25N5O5. The summed E-state index contributed by atoms with van der Waals surface area (Å²) in [6, 6.07) is 3.72. The van der Waals surface area contributed by atoms with Crippen LogP contribution in [-0.4, -0.2) is 58.4 Å². The van der Waals surface area contributed by atoms with Crippen molar-refractivity contribution in [1.29, 1.82) is 0 Å². The van der Waals surface area contributed by atoms with E-state index >= 15 is 0 Å². The van der Waals surface area contributed by atoms with E-state index in [2.05, 4.69) is 15.3 Å². The highest BCUT2D eigenvalue weighted by Crippen LogP contribution is 2.24. The summed E-state index contributed by atoms with van der Waals surface area (Å²) in [7, 11) is 0. The Bertz CT molecular complexity index is 853. The largest absolute Gasteiger partial charge is 0.465 e. The van der Waals surface area contributed by atoms with E-state index in [9.17, 15) is 14.9 Å². The number of carbonyl (C=O) groups excluding carboxylic acids is 1. The maximum absolute atomic E-state index is 12.5. The van der Waals surface area contributed by atoms with Gasteiger partial charge in [0.1, 0.15) is 29.5 Å². The van der Waals surface area contributed by atoms with Crippen molar-refractivity contribution in [2.75, 3.05) is 32.8 Å². The summed E-state index contributed by atoms with van der Waals surface area (Å²) >= 11 is 0. The summed E-state index contributed by atoms with van der Waals surface area (Å²) in [6.07, 6.45) is 0. The van der Waals surface area contributed by atoms with E-state index in [4.69, 9.17) is 9.15 Å². The van der Waals surface area contributed by atoms with Crippen molar-refractivity contribution < 1.29 is 18.9 Å². The first-order valence-corrected chi connectivity index (χ1v) is 9.20. The van der Waals surface area contributed by atoms with Gasteiger partial charge in [0, 0.05) is 19.6 Å².